The summed E-state index contributed by atoms with van der Waals surface area (Å²) in [6.45, 7) is 0. The molecule has 1 N–H and O–H groups in total. The summed E-state index contributed by atoms with van der Waals surface area (Å²) in [5.41, 5.74) is 0.806. The van der Waals surface area contributed by atoms with Gasteiger partial charge in [-0.15, -0.1) is 0 Å². The van der Waals surface area contributed by atoms with Crippen molar-refractivity contribution in [3.63, 3.8) is 0 Å². The van der Waals surface area contributed by atoms with E-state index in [-0.39, 0.29) is 10.5 Å². The van der Waals surface area contributed by atoms with Crippen molar-refractivity contribution in [2.24, 2.45) is 0 Å². The first-order chi connectivity index (χ1) is 10.5. The van der Waals surface area contributed by atoms with E-state index in [4.69, 9.17) is 10.5 Å². The molecular formula is C15H9N3O3S. The SMILES string of the molecule is N#Cc1ccc(C(=O)NS(=O)(=O)c2ccc(C#N)cc2)cc1. The summed E-state index contributed by atoms with van der Waals surface area (Å²) in [4.78, 5) is 11.8. The van der Waals surface area contributed by atoms with Crippen molar-refractivity contribution in [1.82, 2.24) is 4.72 Å². The van der Waals surface area contributed by atoms with E-state index >= 15 is 0 Å². The van der Waals surface area contributed by atoms with Gasteiger partial charge in [0.25, 0.3) is 15.9 Å². The Morgan fingerprint density at radius 3 is 1.77 bits per heavy atom. The van der Waals surface area contributed by atoms with E-state index in [9.17, 15) is 13.2 Å². The molecule has 0 aliphatic carbocycles. The number of carbonyl (C=O) groups is 1. The number of nitrogens with one attached hydrogen (secondary N) is 1. The zero-order chi connectivity index (χ0) is 16.2. The fourth-order valence-corrected chi connectivity index (χ4v) is 2.62. The molecular weight excluding hydrogens is 302 g/mol. The number of carbonyl (C=O) groups excluding carboxylic acids is 1. The van der Waals surface area contributed by atoms with Crippen molar-refractivity contribution < 1.29 is 13.2 Å². The molecule has 0 saturated heterocycles. The highest BCUT2D eigenvalue weighted by atomic mass is 32.2. The maximum Gasteiger partial charge on any atom is 0.264 e. The minimum atomic E-state index is -4.02. The summed E-state index contributed by atoms with van der Waals surface area (Å²) in [5, 5.41) is 17.4. The van der Waals surface area contributed by atoms with Gasteiger partial charge in [0.1, 0.15) is 0 Å². The minimum Gasteiger partial charge on any atom is -0.268 e. The second kappa shape index (κ2) is 6.08. The van der Waals surface area contributed by atoms with E-state index in [0.29, 0.717) is 11.1 Å². The van der Waals surface area contributed by atoms with Gasteiger partial charge in [0.15, 0.2) is 0 Å². The van der Waals surface area contributed by atoms with Crippen molar-refractivity contribution in [3.05, 3.63) is 65.2 Å². The summed E-state index contributed by atoms with van der Waals surface area (Å²) in [5.74, 6) is -0.797. The lowest BCUT2D eigenvalue weighted by Crippen LogP contribution is -2.30. The van der Waals surface area contributed by atoms with Gasteiger partial charge in [0.05, 0.1) is 28.2 Å². The van der Waals surface area contributed by atoms with Crippen LogP contribution in [-0.4, -0.2) is 14.3 Å². The van der Waals surface area contributed by atoms with Crippen LogP contribution in [0.1, 0.15) is 21.5 Å². The molecule has 0 atom stereocenters. The fraction of sp³-hybridized carbons (Fsp3) is 0. The second-order valence-corrected chi connectivity index (χ2v) is 5.94. The minimum absolute atomic E-state index is 0.117. The van der Waals surface area contributed by atoms with Gasteiger partial charge in [-0.1, -0.05) is 0 Å². The monoisotopic (exact) mass is 311 g/mol. The zero-order valence-corrected chi connectivity index (χ0v) is 12.0. The highest BCUT2D eigenvalue weighted by Crippen LogP contribution is 2.11. The Balaban J connectivity index is 2.21. The molecule has 2 aromatic carbocycles. The molecule has 22 heavy (non-hydrogen) atoms. The lowest BCUT2D eigenvalue weighted by molar-refractivity contribution is 0.0981. The smallest absolute Gasteiger partial charge is 0.264 e. The summed E-state index contributed by atoms with van der Waals surface area (Å²) in [7, 11) is -4.02. The van der Waals surface area contributed by atoms with Gasteiger partial charge in [-0.05, 0) is 48.5 Å². The predicted octanol–water partition coefficient (Wildman–Crippen LogP) is 1.55. The first-order valence-electron chi connectivity index (χ1n) is 6.04. The lowest BCUT2D eigenvalue weighted by Gasteiger charge is -2.07. The van der Waals surface area contributed by atoms with Crippen LogP contribution in [0, 0.1) is 22.7 Å². The number of nitrogens with zero attached hydrogens (tertiary/aromatic N) is 2. The summed E-state index contributed by atoms with van der Waals surface area (Å²) in [6.07, 6.45) is 0. The normalized spacial score (nSPS) is 10.3. The first kappa shape index (κ1) is 15.2. The molecule has 0 unspecified atom stereocenters. The van der Waals surface area contributed by atoms with Crippen LogP contribution in [0.25, 0.3) is 0 Å². The molecule has 6 nitrogen and oxygen atoms in total. The molecule has 108 valence electrons. The average Bonchev–Trinajstić information content (AvgIpc) is 2.54. The number of rotatable bonds is 3. The van der Waals surface area contributed by atoms with Crippen LogP contribution in [-0.2, 0) is 10.0 Å². The number of benzene rings is 2. The Hall–Kier alpha value is -3.16. The standard InChI is InChI=1S/C15H9N3O3S/c16-9-11-1-5-13(6-2-11)15(19)18-22(20,21)14-7-3-12(10-17)4-8-14/h1-8H,(H,18,19). The Morgan fingerprint density at radius 2 is 1.32 bits per heavy atom. The highest BCUT2D eigenvalue weighted by Gasteiger charge is 2.18. The van der Waals surface area contributed by atoms with E-state index in [1.54, 1.807) is 0 Å². The largest absolute Gasteiger partial charge is 0.268 e. The van der Waals surface area contributed by atoms with Gasteiger partial charge < -0.3 is 0 Å². The summed E-state index contributed by atoms with van der Waals surface area (Å²) >= 11 is 0. The average molecular weight is 311 g/mol. The third kappa shape index (κ3) is 3.29. The summed E-state index contributed by atoms with van der Waals surface area (Å²) in [6, 6.07) is 14.5. The molecule has 0 bridgehead atoms. The highest BCUT2D eigenvalue weighted by molar-refractivity contribution is 7.90. The molecule has 2 rings (SSSR count). The van der Waals surface area contributed by atoms with Gasteiger partial charge in [0.2, 0.25) is 0 Å². The number of hydrogen-bond acceptors (Lipinski definition) is 5. The fourth-order valence-electron chi connectivity index (χ4n) is 1.64. The van der Waals surface area contributed by atoms with Crippen molar-refractivity contribution >= 4 is 15.9 Å². The molecule has 0 aromatic heterocycles. The van der Waals surface area contributed by atoms with Crippen LogP contribution in [0.4, 0.5) is 0 Å². The van der Waals surface area contributed by atoms with Crippen LogP contribution >= 0.6 is 0 Å². The second-order valence-electron chi connectivity index (χ2n) is 4.26. The molecule has 1 amide bonds. The Labute approximate surface area is 127 Å². The lowest BCUT2D eigenvalue weighted by atomic mass is 10.1. The third-order valence-electron chi connectivity index (χ3n) is 2.80. The predicted molar refractivity (Wildman–Crippen MR) is 77.0 cm³/mol. The molecule has 0 aliphatic heterocycles. The molecule has 0 aliphatic rings. The van der Waals surface area contributed by atoms with Gasteiger partial charge in [0, 0.05) is 5.56 Å². The molecule has 0 radical (unpaired) electrons. The Kier molecular flexibility index (Phi) is 4.21. The number of sulfonamides is 1. The quantitative estimate of drug-likeness (QED) is 0.924. The molecule has 0 saturated carbocycles. The molecule has 2 aromatic rings. The van der Waals surface area contributed by atoms with Crippen molar-refractivity contribution in [3.8, 4) is 12.1 Å². The molecule has 7 heteroatoms. The van der Waals surface area contributed by atoms with Gasteiger partial charge in [-0.3, -0.25) is 4.79 Å². The maximum absolute atomic E-state index is 12.1. The van der Waals surface area contributed by atoms with E-state index in [1.807, 2.05) is 16.9 Å². The Bertz CT molecular complexity index is 887. The summed E-state index contributed by atoms with van der Waals surface area (Å²) < 4.78 is 26.1. The van der Waals surface area contributed by atoms with E-state index in [0.717, 1.165) is 0 Å². The number of hydrogen-bond donors (Lipinski definition) is 1. The molecule has 0 heterocycles. The Morgan fingerprint density at radius 1 is 0.864 bits per heavy atom. The first-order valence-corrected chi connectivity index (χ1v) is 7.52. The van der Waals surface area contributed by atoms with E-state index in [2.05, 4.69) is 0 Å². The van der Waals surface area contributed by atoms with Gasteiger partial charge >= 0.3 is 0 Å². The van der Waals surface area contributed by atoms with E-state index < -0.39 is 15.9 Å². The topological polar surface area (TPSA) is 111 Å². The maximum atomic E-state index is 12.1. The van der Waals surface area contributed by atoms with Crippen LogP contribution < -0.4 is 4.72 Å². The van der Waals surface area contributed by atoms with Gasteiger partial charge in [-0.25, -0.2) is 13.1 Å². The van der Waals surface area contributed by atoms with Crippen LogP contribution in [0.3, 0.4) is 0 Å². The zero-order valence-electron chi connectivity index (χ0n) is 11.1. The third-order valence-corrected chi connectivity index (χ3v) is 4.14. The molecule has 0 spiro atoms. The van der Waals surface area contributed by atoms with Crippen molar-refractivity contribution in [2.45, 2.75) is 4.90 Å². The van der Waals surface area contributed by atoms with Crippen LogP contribution in [0.2, 0.25) is 0 Å². The van der Waals surface area contributed by atoms with Crippen molar-refractivity contribution in [1.29, 1.82) is 10.5 Å². The van der Waals surface area contributed by atoms with Gasteiger partial charge in [-0.2, -0.15) is 10.5 Å². The van der Waals surface area contributed by atoms with Crippen molar-refractivity contribution in [2.75, 3.05) is 0 Å². The number of nitriles is 2. The molecule has 0 fully saturated rings. The van der Waals surface area contributed by atoms with Crippen LogP contribution in [0.15, 0.2) is 53.4 Å². The number of amides is 1. The van der Waals surface area contributed by atoms with E-state index in [1.165, 1.54) is 48.5 Å². The van der Waals surface area contributed by atoms with Crippen LogP contribution in [0.5, 0.6) is 0 Å².